The number of nitrogens with zero attached hydrogens (tertiary/aromatic N) is 1. The summed E-state index contributed by atoms with van der Waals surface area (Å²) in [5.41, 5.74) is 3.92. The minimum atomic E-state index is -3.78. The first kappa shape index (κ1) is 24.6. The number of fused-ring (bicyclic) bond motifs is 1. The summed E-state index contributed by atoms with van der Waals surface area (Å²) in [6, 6.07) is 11.5. The Kier molecular flexibility index (Phi) is 6.99. The van der Waals surface area contributed by atoms with Gasteiger partial charge in [-0.1, -0.05) is 18.6 Å². The maximum atomic E-state index is 14.2. The lowest BCUT2D eigenvalue weighted by molar-refractivity contribution is 0.226. The van der Waals surface area contributed by atoms with E-state index in [0.717, 1.165) is 49.8 Å². The zero-order chi connectivity index (χ0) is 24.7. The van der Waals surface area contributed by atoms with E-state index in [2.05, 4.69) is 18.2 Å². The molecule has 2 aliphatic carbocycles. The number of anilines is 1. The Balaban J connectivity index is 1.29. The number of ether oxygens (including phenoxy) is 1. The number of hydrogen-bond acceptors (Lipinski definition) is 5. The molecule has 5 nitrogen and oxygen atoms in total. The first-order valence-corrected chi connectivity index (χ1v) is 16.3. The van der Waals surface area contributed by atoms with Crippen molar-refractivity contribution in [2.24, 2.45) is 11.8 Å². The molecule has 194 valence electrons. The van der Waals surface area contributed by atoms with Crippen LogP contribution in [0.4, 0.5) is 5.69 Å². The summed E-state index contributed by atoms with van der Waals surface area (Å²) >= 11 is 1.99. The lowest BCUT2D eigenvalue weighted by atomic mass is 9.79. The van der Waals surface area contributed by atoms with Gasteiger partial charge in [-0.05, 0) is 116 Å². The van der Waals surface area contributed by atoms with Gasteiger partial charge in [0.2, 0.25) is 0 Å². The molecule has 6 rings (SSSR count). The fourth-order valence-electron chi connectivity index (χ4n) is 6.05. The van der Waals surface area contributed by atoms with Crippen molar-refractivity contribution in [3.8, 4) is 5.75 Å². The predicted molar refractivity (Wildman–Crippen MR) is 145 cm³/mol. The van der Waals surface area contributed by atoms with Crippen LogP contribution in [0.5, 0.6) is 5.75 Å². The van der Waals surface area contributed by atoms with Crippen molar-refractivity contribution in [3.63, 3.8) is 0 Å². The average Bonchev–Trinajstić information content (AvgIpc) is 3.71. The zero-order valence-electron chi connectivity index (χ0n) is 20.9. The molecule has 0 spiro atoms. The Morgan fingerprint density at radius 2 is 1.78 bits per heavy atom. The molecule has 2 heterocycles. The van der Waals surface area contributed by atoms with Crippen molar-refractivity contribution in [2.45, 2.75) is 81.2 Å². The summed E-state index contributed by atoms with van der Waals surface area (Å²) in [5, 5.41) is 10.1. The van der Waals surface area contributed by atoms with Crippen molar-refractivity contribution in [3.05, 3.63) is 53.1 Å². The van der Waals surface area contributed by atoms with Crippen molar-refractivity contribution in [1.29, 1.82) is 0 Å². The van der Waals surface area contributed by atoms with E-state index in [1.165, 1.54) is 36.3 Å². The maximum absolute atomic E-state index is 14.2. The fourth-order valence-corrected chi connectivity index (χ4v) is 9.08. The molecule has 2 saturated carbocycles. The number of aryl methyl sites for hydroxylation is 1. The highest BCUT2D eigenvalue weighted by Crippen LogP contribution is 2.47. The van der Waals surface area contributed by atoms with Gasteiger partial charge in [0.05, 0.1) is 23.8 Å². The maximum Gasteiger partial charge on any atom is 0.264 e. The van der Waals surface area contributed by atoms with Gasteiger partial charge in [-0.25, -0.2) is 8.42 Å². The molecule has 1 atom stereocenters. The second-order valence-corrected chi connectivity index (χ2v) is 14.1. The second-order valence-electron chi connectivity index (χ2n) is 11.1. The van der Waals surface area contributed by atoms with Crippen molar-refractivity contribution < 1.29 is 18.3 Å². The second kappa shape index (κ2) is 10.2. The summed E-state index contributed by atoms with van der Waals surface area (Å²) in [6.45, 7) is 0.374. The third-order valence-electron chi connectivity index (χ3n) is 8.67. The summed E-state index contributed by atoms with van der Waals surface area (Å²) in [6.07, 6.45) is 10.1. The van der Waals surface area contributed by atoms with Crippen LogP contribution in [0.2, 0.25) is 0 Å². The predicted octanol–water partition coefficient (Wildman–Crippen LogP) is 5.89. The monoisotopic (exact) mass is 527 g/mol. The number of benzene rings is 2. The van der Waals surface area contributed by atoms with Gasteiger partial charge >= 0.3 is 0 Å². The molecule has 3 fully saturated rings. The third kappa shape index (κ3) is 4.79. The highest BCUT2D eigenvalue weighted by atomic mass is 32.2. The van der Waals surface area contributed by atoms with Crippen LogP contribution in [-0.2, 0) is 23.1 Å². The molecule has 2 aromatic rings. The summed E-state index contributed by atoms with van der Waals surface area (Å²) in [4.78, 5) is 0.245. The van der Waals surface area contributed by atoms with E-state index in [1.807, 2.05) is 11.8 Å². The third-order valence-corrected chi connectivity index (χ3v) is 11.6. The molecule has 0 radical (unpaired) electrons. The smallest absolute Gasteiger partial charge is 0.264 e. The Hall–Kier alpha value is -1.70. The minimum Gasteiger partial charge on any atom is -0.493 e. The molecule has 0 unspecified atom stereocenters. The molecule has 0 amide bonds. The summed E-state index contributed by atoms with van der Waals surface area (Å²) in [7, 11) is -3.78. The van der Waals surface area contributed by atoms with Crippen LogP contribution in [0.25, 0.3) is 0 Å². The molecule has 0 aromatic heterocycles. The minimum absolute atomic E-state index is 0.00901. The van der Waals surface area contributed by atoms with Crippen LogP contribution in [0, 0.1) is 11.8 Å². The molecule has 0 bridgehead atoms. The fraction of sp³-hybridized carbons (Fsp3) is 0.586. The molecule has 7 heteroatoms. The number of aliphatic hydroxyl groups excluding tert-OH is 1. The number of aliphatic hydroxyl groups is 1. The lowest BCUT2D eigenvalue weighted by Crippen LogP contribution is -2.45. The van der Waals surface area contributed by atoms with Gasteiger partial charge in [-0.15, -0.1) is 0 Å². The summed E-state index contributed by atoms with van der Waals surface area (Å²) < 4.78 is 36.1. The van der Waals surface area contributed by atoms with E-state index in [-0.39, 0.29) is 17.5 Å². The van der Waals surface area contributed by atoms with E-state index in [4.69, 9.17) is 4.74 Å². The SMILES string of the molecule is O=S(=O)(c1ccc(OCC2CCSCC2)c(CO)c1)N1c2ccc(C3CCC3)cc2CC[C@H]1C1CC1. The molecular weight excluding hydrogens is 490 g/mol. The number of sulfonamides is 1. The average molecular weight is 528 g/mol. The van der Waals surface area contributed by atoms with Gasteiger partial charge in [-0.2, -0.15) is 11.8 Å². The van der Waals surface area contributed by atoms with Gasteiger partial charge in [0.1, 0.15) is 5.75 Å². The summed E-state index contributed by atoms with van der Waals surface area (Å²) in [5.74, 6) is 4.52. The Bertz CT molecular complexity index is 1200. The van der Waals surface area contributed by atoms with E-state index < -0.39 is 10.0 Å². The Morgan fingerprint density at radius 3 is 2.47 bits per heavy atom. The molecule has 1 N–H and O–H groups in total. The number of hydrogen-bond donors (Lipinski definition) is 1. The highest BCUT2D eigenvalue weighted by Gasteiger charge is 2.44. The molecule has 2 aromatic carbocycles. The van der Waals surface area contributed by atoms with Gasteiger partial charge in [0.15, 0.2) is 0 Å². The van der Waals surface area contributed by atoms with Crippen LogP contribution >= 0.6 is 11.8 Å². The topological polar surface area (TPSA) is 66.8 Å². The van der Waals surface area contributed by atoms with E-state index >= 15 is 0 Å². The lowest BCUT2D eigenvalue weighted by Gasteiger charge is -2.39. The quantitative estimate of drug-likeness (QED) is 0.464. The number of thioether (sulfide) groups is 1. The standard InChI is InChI=1S/C29H37NO4S2/c31-18-25-17-26(8-11-29(25)34-19-20-12-14-35-15-13-20)36(32,33)30-27(22-4-5-22)10-7-24-16-23(6-9-28(24)30)21-2-1-3-21/h6,8-9,11,16-17,20-22,27,31H,1-5,7,10,12-15,18-19H2/t27-/m0/s1. The van der Waals surface area contributed by atoms with Crippen LogP contribution < -0.4 is 9.04 Å². The Labute approximate surface area is 219 Å². The van der Waals surface area contributed by atoms with Crippen LogP contribution in [0.3, 0.4) is 0 Å². The first-order chi connectivity index (χ1) is 17.5. The largest absolute Gasteiger partial charge is 0.493 e. The van der Waals surface area contributed by atoms with Crippen molar-refractivity contribution in [2.75, 3.05) is 22.4 Å². The zero-order valence-corrected chi connectivity index (χ0v) is 22.5. The molecular formula is C29H37NO4S2. The van der Waals surface area contributed by atoms with Gasteiger partial charge < -0.3 is 9.84 Å². The number of rotatable bonds is 8. The van der Waals surface area contributed by atoms with Gasteiger partial charge in [0.25, 0.3) is 10.0 Å². The van der Waals surface area contributed by atoms with E-state index in [0.29, 0.717) is 35.7 Å². The van der Waals surface area contributed by atoms with Crippen molar-refractivity contribution in [1.82, 2.24) is 0 Å². The van der Waals surface area contributed by atoms with Gasteiger partial charge in [-0.3, -0.25) is 4.31 Å². The molecule has 4 aliphatic rings. The molecule has 2 aliphatic heterocycles. The molecule has 36 heavy (non-hydrogen) atoms. The van der Waals surface area contributed by atoms with Crippen molar-refractivity contribution >= 4 is 27.5 Å². The van der Waals surface area contributed by atoms with Gasteiger partial charge in [0, 0.05) is 11.6 Å². The molecule has 1 saturated heterocycles. The van der Waals surface area contributed by atoms with E-state index in [9.17, 15) is 13.5 Å². The Morgan fingerprint density at radius 1 is 0.972 bits per heavy atom. The normalized spacial score (nSPS) is 23.2. The van der Waals surface area contributed by atoms with E-state index in [1.54, 1.807) is 22.5 Å². The van der Waals surface area contributed by atoms with Crippen LogP contribution in [0.1, 0.15) is 74.0 Å². The van der Waals surface area contributed by atoms with Crippen LogP contribution in [0.15, 0.2) is 41.3 Å². The van der Waals surface area contributed by atoms with Crippen LogP contribution in [-0.4, -0.2) is 37.7 Å². The highest BCUT2D eigenvalue weighted by molar-refractivity contribution is 7.99. The first-order valence-electron chi connectivity index (χ1n) is 13.7.